The summed E-state index contributed by atoms with van der Waals surface area (Å²) in [4.78, 5) is 7.99. The van der Waals surface area contributed by atoms with Gasteiger partial charge in [0.05, 0.1) is 24.1 Å². The van der Waals surface area contributed by atoms with Crippen molar-refractivity contribution in [2.24, 2.45) is 0 Å². The van der Waals surface area contributed by atoms with Gasteiger partial charge in [0.15, 0.2) is 5.69 Å². The molecule has 216 valence electrons. The lowest BCUT2D eigenvalue weighted by Crippen LogP contribution is -2.45. The Hall–Kier alpha value is -4.40. The second-order valence-electron chi connectivity index (χ2n) is 9.15. The molecule has 2 atom stereocenters. The molecule has 5 rings (SSSR count). The van der Waals surface area contributed by atoms with Crippen LogP contribution in [0.1, 0.15) is 48.2 Å². The zero-order valence-corrected chi connectivity index (χ0v) is 21.0. The molecule has 15 heteroatoms. The number of hydrogen-bond acceptors (Lipinski definition) is 9. The van der Waals surface area contributed by atoms with Crippen LogP contribution >= 0.6 is 0 Å². The maximum atomic E-state index is 14.8. The van der Waals surface area contributed by atoms with Crippen molar-refractivity contribution in [2.75, 3.05) is 11.1 Å². The normalized spacial score (nSPS) is 20.7. The van der Waals surface area contributed by atoms with Crippen molar-refractivity contribution in [3.63, 3.8) is 0 Å². The predicted octanol–water partition coefficient (Wildman–Crippen LogP) is 6.59. The van der Waals surface area contributed by atoms with Crippen molar-refractivity contribution >= 4 is 11.5 Å². The molecular formula is C26H22F6N6O3. The molecule has 4 heterocycles. The van der Waals surface area contributed by atoms with Gasteiger partial charge in [-0.25, -0.2) is 9.97 Å². The summed E-state index contributed by atoms with van der Waals surface area (Å²) in [6.45, 7) is -0.452. The maximum Gasteiger partial charge on any atom is 0.426 e. The molecule has 1 aliphatic heterocycles. The fourth-order valence-electron chi connectivity index (χ4n) is 4.27. The Bertz CT molecular complexity index is 1500. The molecule has 4 bridgehead atoms. The fourth-order valence-corrected chi connectivity index (χ4v) is 4.27. The molecule has 0 radical (unpaired) electrons. The minimum Gasteiger partial charge on any atom is -0.447 e. The molecule has 9 nitrogen and oxygen atoms in total. The SMILES string of the molecule is Nc1cc(C(F)(F)F)c2nc1-c1nnc(o1)[C@@](OCc1ccccc1)(C(F)(F)F)C/C=C/CCC(c1ncco1)N2. The smallest absolute Gasteiger partial charge is 0.426 e. The van der Waals surface area contributed by atoms with Gasteiger partial charge in [-0.15, -0.1) is 10.2 Å². The van der Waals surface area contributed by atoms with E-state index in [-0.39, 0.29) is 18.7 Å². The molecule has 0 saturated carbocycles. The third kappa shape index (κ3) is 5.75. The number of anilines is 2. The Morgan fingerprint density at radius 3 is 2.54 bits per heavy atom. The van der Waals surface area contributed by atoms with E-state index in [2.05, 4.69) is 25.5 Å². The molecule has 3 aromatic heterocycles. The van der Waals surface area contributed by atoms with Crippen LogP contribution in [0.3, 0.4) is 0 Å². The molecule has 1 aromatic carbocycles. The van der Waals surface area contributed by atoms with Crippen LogP contribution in [0, 0.1) is 0 Å². The van der Waals surface area contributed by atoms with Crippen molar-refractivity contribution in [3.8, 4) is 11.6 Å². The second kappa shape index (κ2) is 10.9. The van der Waals surface area contributed by atoms with Gasteiger partial charge in [-0.2, -0.15) is 26.3 Å². The van der Waals surface area contributed by atoms with Gasteiger partial charge in [-0.05, 0) is 24.5 Å². The molecule has 0 amide bonds. The van der Waals surface area contributed by atoms with E-state index in [1.54, 1.807) is 30.3 Å². The molecule has 0 aliphatic carbocycles. The summed E-state index contributed by atoms with van der Waals surface area (Å²) in [5, 5.41) is 9.95. The van der Waals surface area contributed by atoms with Crippen molar-refractivity contribution < 1.29 is 39.9 Å². The lowest BCUT2D eigenvalue weighted by molar-refractivity contribution is -0.295. The second-order valence-corrected chi connectivity index (χ2v) is 9.15. The number of halogens is 6. The highest BCUT2D eigenvalue weighted by atomic mass is 19.4. The number of hydrogen-bond donors (Lipinski definition) is 2. The highest BCUT2D eigenvalue weighted by Crippen LogP contribution is 2.47. The average molecular weight is 580 g/mol. The quantitative estimate of drug-likeness (QED) is 0.203. The highest BCUT2D eigenvalue weighted by Gasteiger charge is 2.61. The van der Waals surface area contributed by atoms with Crippen LogP contribution in [-0.4, -0.2) is 26.3 Å². The molecule has 0 fully saturated rings. The number of nitrogens with zero attached hydrogens (tertiary/aromatic N) is 4. The Morgan fingerprint density at radius 2 is 1.85 bits per heavy atom. The minimum absolute atomic E-state index is 0.0507. The summed E-state index contributed by atoms with van der Waals surface area (Å²) in [5.74, 6) is -2.20. The molecule has 3 N–H and O–H groups in total. The van der Waals surface area contributed by atoms with Crippen LogP contribution in [0.15, 0.2) is 69.8 Å². The number of pyridine rings is 1. The highest BCUT2D eigenvalue weighted by molar-refractivity contribution is 5.71. The number of nitrogens with two attached hydrogens (primary N) is 1. The van der Waals surface area contributed by atoms with E-state index < -0.39 is 71.6 Å². The fraction of sp³-hybridized carbons (Fsp3) is 0.308. The first-order valence-corrected chi connectivity index (χ1v) is 12.3. The summed E-state index contributed by atoms with van der Waals surface area (Å²) in [5.41, 5.74) is 1.04. The minimum atomic E-state index is -5.04. The van der Waals surface area contributed by atoms with Gasteiger partial charge < -0.3 is 24.6 Å². The monoisotopic (exact) mass is 580 g/mol. The number of rotatable bonds is 4. The third-order valence-electron chi connectivity index (χ3n) is 6.37. The molecule has 0 spiro atoms. The molecule has 41 heavy (non-hydrogen) atoms. The molecule has 1 unspecified atom stereocenters. The number of ether oxygens (including phenoxy) is 1. The number of benzene rings is 1. The van der Waals surface area contributed by atoms with E-state index in [4.69, 9.17) is 19.3 Å². The first kappa shape index (κ1) is 28.1. The standard InChI is InChI=1S/C26H22F6N6O3/c27-25(28,29)16-13-17(33)19-22-37-38-23(41-22)24(26(30,31)32,40-14-15-7-3-1-4-8-15)10-6-2-5-9-18(35-20(16)36-19)21-34-11-12-39-21/h1-4,6-8,11-13,18H,5,9-10,14,33H2,(H,35,36)/b6-2+/t18?,24-/m1/s1. The van der Waals surface area contributed by atoms with Gasteiger partial charge in [0.2, 0.25) is 11.5 Å². The van der Waals surface area contributed by atoms with Gasteiger partial charge in [-0.3, -0.25) is 0 Å². The third-order valence-corrected chi connectivity index (χ3v) is 6.37. The van der Waals surface area contributed by atoms with Gasteiger partial charge in [0.25, 0.3) is 11.8 Å². The van der Waals surface area contributed by atoms with Crippen molar-refractivity contribution in [2.45, 2.75) is 49.9 Å². The van der Waals surface area contributed by atoms with E-state index in [0.717, 1.165) is 0 Å². The number of allylic oxidation sites excluding steroid dienone is 1. The van der Waals surface area contributed by atoms with Crippen LogP contribution in [0.25, 0.3) is 11.6 Å². The molecule has 4 aromatic rings. The number of nitrogens with one attached hydrogen (secondary N) is 1. The number of oxazole rings is 1. The summed E-state index contributed by atoms with van der Waals surface area (Å²) in [7, 11) is 0. The topological polar surface area (TPSA) is 125 Å². The lowest BCUT2D eigenvalue weighted by atomic mass is 9.97. The van der Waals surface area contributed by atoms with E-state index in [1.807, 2.05) is 0 Å². The van der Waals surface area contributed by atoms with E-state index in [0.29, 0.717) is 11.6 Å². The zero-order valence-electron chi connectivity index (χ0n) is 21.0. The zero-order chi connectivity index (χ0) is 29.3. The Kier molecular flexibility index (Phi) is 7.46. The lowest BCUT2D eigenvalue weighted by Gasteiger charge is -2.31. The number of fused-ring (bicyclic) bond motifs is 5. The first-order valence-electron chi connectivity index (χ1n) is 12.3. The Morgan fingerprint density at radius 1 is 1.07 bits per heavy atom. The predicted molar refractivity (Wildman–Crippen MR) is 132 cm³/mol. The maximum absolute atomic E-state index is 14.8. The summed E-state index contributed by atoms with van der Waals surface area (Å²) < 4.78 is 102. The van der Waals surface area contributed by atoms with Gasteiger partial charge in [-0.1, -0.05) is 42.5 Å². The van der Waals surface area contributed by atoms with Gasteiger partial charge in [0, 0.05) is 6.42 Å². The first-order chi connectivity index (χ1) is 19.5. The number of alkyl halides is 6. The molecule has 1 aliphatic rings. The van der Waals surface area contributed by atoms with E-state index in [9.17, 15) is 26.3 Å². The van der Waals surface area contributed by atoms with Gasteiger partial charge in [0.1, 0.15) is 18.1 Å². The van der Waals surface area contributed by atoms with Gasteiger partial charge >= 0.3 is 12.4 Å². The van der Waals surface area contributed by atoms with Crippen LogP contribution in [-0.2, 0) is 23.1 Å². The van der Waals surface area contributed by atoms with E-state index >= 15 is 0 Å². The van der Waals surface area contributed by atoms with Crippen LogP contribution in [0.2, 0.25) is 0 Å². The summed E-state index contributed by atoms with van der Waals surface area (Å²) in [6.07, 6.45) is -5.19. The van der Waals surface area contributed by atoms with Crippen LogP contribution in [0.4, 0.5) is 37.8 Å². The summed E-state index contributed by atoms with van der Waals surface area (Å²) >= 11 is 0. The van der Waals surface area contributed by atoms with Crippen molar-refractivity contribution in [1.29, 1.82) is 0 Å². The largest absolute Gasteiger partial charge is 0.447 e. The van der Waals surface area contributed by atoms with Crippen LogP contribution < -0.4 is 11.1 Å². The molecule has 0 saturated heterocycles. The summed E-state index contributed by atoms with van der Waals surface area (Å²) in [6, 6.07) is 7.84. The number of nitrogen functional groups attached to an aromatic ring is 1. The average Bonchev–Trinajstić information content (AvgIpc) is 3.62. The van der Waals surface area contributed by atoms with Crippen molar-refractivity contribution in [1.82, 2.24) is 20.2 Å². The van der Waals surface area contributed by atoms with Crippen LogP contribution in [0.5, 0.6) is 0 Å². The molecular weight excluding hydrogens is 558 g/mol. The number of aromatic nitrogens is 4. The Labute approximate surface area is 228 Å². The van der Waals surface area contributed by atoms with E-state index in [1.165, 1.54) is 24.6 Å². The Balaban J connectivity index is 1.65. The van der Waals surface area contributed by atoms with Crippen molar-refractivity contribution in [3.05, 3.63) is 83.9 Å².